The van der Waals surface area contributed by atoms with Crippen molar-refractivity contribution in [3.63, 3.8) is 0 Å². The van der Waals surface area contributed by atoms with Crippen LogP contribution in [-0.4, -0.2) is 67.5 Å². The lowest BCUT2D eigenvalue weighted by Gasteiger charge is -2.34. The largest absolute Gasteiger partial charge is 0.504 e. The molecule has 5 rings (SSSR count). The molecular formula is C28H28N4O5S. The van der Waals surface area contributed by atoms with Crippen molar-refractivity contribution in [1.29, 1.82) is 0 Å². The minimum Gasteiger partial charge on any atom is -0.504 e. The highest BCUT2D eigenvalue weighted by molar-refractivity contribution is 7.93. The van der Waals surface area contributed by atoms with Crippen LogP contribution in [-0.2, 0) is 16.6 Å². The molecule has 10 heteroatoms. The van der Waals surface area contributed by atoms with Crippen LogP contribution in [0.3, 0.4) is 0 Å². The third kappa shape index (κ3) is 5.41. The maximum absolute atomic E-state index is 13.1. The predicted octanol–water partition coefficient (Wildman–Crippen LogP) is 3.71. The van der Waals surface area contributed by atoms with Crippen molar-refractivity contribution in [3.05, 3.63) is 90.1 Å². The van der Waals surface area contributed by atoms with Gasteiger partial charge < -0.3 is 14.7 Å². The molecule has 3 aromatic carbocycles. The normalized spacial score (nSPS) is 14.4. The second-order valence-corrected chi connectivity index (χ2v) is 10.7. The Kier molecular flexibility index (Phi) is 7.17. The van der Waals surface area contributed by atoms with Crippen molar-refractivity contribution < 1.29 is 23.1 Å². The molecule has 1 aromatic heterocycles. The molecular weight excluding hydrogens is 504 g/mol. The van der Waals surface area contributed by atoms with Crippen LogP contribution in [0.4, 0.5) is 5.69 Å². The zero-order chi connectivity index (χ0) is 26.7. The Labute approximate surface area is 221 Å². The first-order valence-electron chi connectivity index (χ1n) is 12.2. The van der Waals surface area contributed by atoms with E-state index >= 15 is 0 Å². The van der Waals surface area contributed by atoms with Crippen molar-refractivity contribution in [2.75, 3.05) is 38.0 Å². The third-order valence-corrected chi connectivity index (χ3v) is 7.99. The molecule has 0 unspecified atom stereocenters. The van der Waals surface area contributed by atoms with E-state index in [0.29, 0.717) is 55.2 Å². The maximum atomic E-state index is 13.1. The van der Waals surface area contributed by atoms with E-state index in [9.17, 15) is 18.3 Å². The Bertz CT molecular complexity index is 1560. The number of pyridine rings is 1. The molecule has 1 amide bonds. The van der Waals surface area contributed by atoms with Crippen LogP contribution < -0.4 is 9.46 Å². The lowest BCUT2D eigenvalue weighted by atomic mass is 10.1. The van der Waals surface area contributed by atoms with Crippen molar-refractivity contribution in [2.24, 2.45) is 0 Å². The molecule has 0 spiro atoms. The molecule has 0 atom stereocenters. The molecule has 38 heavy (non-hydrogen) atoms. The first-order chi connectivity index (χ1) is 18.3. The van der Waals surface area contributed by atoms with Crippen LogP contribution in [0.25, 0.3) is 10.9 Å². The first-order valence-corrected chi connectivity index (χ1v) is 13.7. The number of sulfonamides is 1. The molecule has 0 radical (unpaired) electrons. The molecule has 1 aliphatic heterocycles. The summed E-state index contributed by atoms with van der Waals surface area (Å²) in [6.45, 7) is 3.28. The molecule has 1 saturated heterocycles. The number of nitrogens with zero attached hydrogens (tertiary/aromatic N) is 3. The molecule has 1 aliphatic rings. The Balaban J connectivity index is 1.20. The number of amides is 1. The number of rotatable bonds is 7. The number of anilines is 1. The highest BCUT2D eigenvalue weighted by atomic mass is 32.2. The van der Waals surface area contributed by atoms with Gasteiger partial charge in [-0.3, -0.25) is 19.4 Å². The summed E-state index contributed by atoms with van der Waals surface area (Å²) in [6.07, 6.45) is 1.56. The van der Waals surface area contributed by atoms with E-state index in [4.69, 9.17) is 4.74 Å². The number of carbonyl (C=O) groups is 1. The topological polar surface area (TPSA) is 112 Å². The molecule has 0 bridgehead atoms. The number of piperazine rings is 1. The van der Waals surface area contributed by atoms with Gasteiger partial charge in [-0.1, -0.05) is 24.3 Å². The monoisotopic (exact) mass is 532 g/mol. The highest BCUT2D eigenvalue weighted by Crippen LogP contribution is 2.27. The fourth-order valence-electron chi connectivity index (χ4n) is 4.55. The Hall–Kier alpha value is -4.15. The van der Waals surface area contributed by atoms with Gasteiger partial charge in [0.25, 0.3) is 15.9 Å². The lowest BCUT2D eigenvalue weighted by molar-refractivity contribution is 0.0628. The van der Waals surface area contributed by atoms with Gasteiger partial charge in [0, 0.05) is 55.6 Å². The first kappa shape index (κ1) is 25.5. The van der Waals surface area contributed by atoms with Crippen molar-refractivity contribution >= 4 is 32.5 Å². The van der Waals surface area contributed by atoms with Gasteiger partial charge >= 0.3 is 0 Å². The van der Waals surface area contributed by atoms with Crippen LogP contribution in [0, 0.1) is 0 Å². The number of ether oxygens (including phenoxy) is 1. The van der Waals surface area contributed by atoms with Crippen LogP contribution in [0.5, 0.6) is 11.5 Å². The number of fused-ring (bicyclic) bond motifs is 1. The standard InChI is InChI=1S/C28H28N4O5S/c1-37-25-18-20(7-12-24(25)33)19-31-14-16-32(17-15-31)28(34)22-8-10-23(11-9-22)30-38(35,36)26-6-2-4-21-5-3-13-29-27(21)26/h2-13,18,30,33H,14-17,19H2,1H3. The second kappa shape index (κ2) is 10.7. The Morgan fingerprint density at radius 1 is 1.00 bits per heavy atom. The number of hydrogen-bond donors (Lipinski definition) is 2. The van der Waals surface area contributed by atoms with E-state index in [1.807, 2.05) is 24.3 Å². The minimum atomic E-state index is -3.87. The number of aromatic hydroxyl groups is 1. The molecule has 9 nitrogen and oxygen atoms in total. The quantitative estimate of drug-likeness (QED) is 0.373. The third-order valence-electron chi connectivity index (χ3n) is 6.58. The fourth-order valence-corrected chi connectivity index (χ4v) is 5.79. The molecule has 1 fully saturated rings. The van der Waals surface area contributed by atoms with E-state index in [0.717, 1.165) is 10.9 Å². The van der Waals surface area contributed by atoms with Gasteiger partial charge in [-0.15, -0.1) is 0 Å². The van der Waals surface area contributed by atoms with Crippen molar-refractivity contribution in [3.8, 4) is 11.5 Å². The number of benzene rings is 3. The number of phenols is 1. The van der Waals surface area contributed by atoms with Crippen LogP contribution in [0.1, 0.15) is 15.9 Å². The Morgan fingerprint density at radius 2 is 1.74 bits per heavy atom. The summed E-state index contributed by atoms with van der Waals surface area (Å²) in [4.78, 5) is 21.4. The number of carbonyl (C=O) groups excluding carboxylic acids is 1. The highest BCUT2D eigenvalue weighted by Gasteiger charge is 2.23. The van der Waals surface area contributed by atoms with Crippen LogP contribution in [0.2, 0.25) is 0 Å². The van der Waals surface area contributed by atoms with E-state index < -0.39 is 10.0 Å². The lowest BCUT2D eigenvalue weighted by Crippen LogP contribution is -2.48. The zero-order valence-corrected chi connectivity index (χ0v) is 21.7. The van der Waals surface area contributed by atoms with E-state index in [2.05, 4.69) is 14.6 Å². The number of nitrogens with one attached hydrogen (secondary N) is 1. The summed E-state index contributed by atoms with van der Waals surface area (Å²) in [5, 5.41) is 10.5. The van der Waals surface area contributed by atoms with Gasteiger partial charge in [0.1, 0.15) is 4.90 Å². The molecule has 2 heterocycles. The molecule has 2 N–H and O–H groups in total. The number of methoxy groups -OCH3 is 1. The number of phenolic OH excluding ortho intramolecular Hbond substituents is 1. The summed E-state index contributed by atoms with van der Waals surface area (Å²) < 4.78 is 33.9. The van der Waals surface area contributed by atoms with Gasteiger partial charge in [-0.05, 0) is 54.1 Å². The zero-order valence-electron chi connectivity index (χ0n) is 20.9. The summed E-state index contributed by atoms with van der Waals surface area (Å²) in [6, 6.07) is 20.4. The van der Waals surface area contributed by atoms with Crippen molar-refractivity contribution in [1.82, 2.24) is 14.8 Å². The van der Waals surface area contributed by atoms with Gasteiger partial charge in [-0.2, -0.15) is 0 Å². The average Bonchev–Trinajstić information content (AvgIpc) is 2.94. The van der Waals surface area contributed by atoms with Gasteiger partial charge in [0.2, 0.25) is 0 Å². The number of hydrogen-bond acceptors (Lipinski definition) is 7. The molecule has 0 aliphatic carbocycles. The van der Waals surface area contributed by atoms with E-state index in [-0.39, 0.29) is 16.6 Å². The van der Waals surface area contributed by atoms with Crippen molar-refractivity contribution in [2.45, 2.75) is 11.4 Å². The van der Waals surface area contributed by atoms with E-state index in [1.165, 1.54) is 13.2 Å². The van der Waals surface area contributed by atoms with Gasteiger partial charge in [-0.25, -0.2) is 8.42 Å². The fraction of sp³-hybridized carbons (Fsp3) is 0.214. The second-order valence-electron chi connectivity index (χ2n) is 9.09. The Morgan fingerprint density at radius 3 is 2.47 bits per heavy atom. The SMILES string of the molecule is COc1cc(CN2CCN(C(=O)c3ccc(NS(=O)(=O)c4cccc5cccnc45)cc3)CC2)ccc1O. The van der Waals surface area contributed by atoms with Crippen LogP contribution in [0.15, 0.2) is 83.9 Å². The van der Waals surface area contributed by atoms with Gasteiger partial charge in [0.05, 0.1) is 12.6 Å². The molecule has 196 valence electrons. The summed E-state index contributed by atoms with van der Waals surface area (Å²) >= 11 is 0. The summed E-state index contributed by atoms with van der Waals surface area (Å²) in [5.74, 6) is 0.454. The number of para-hydroxylation sites is 1. The maximum Gasteiger partial charge on any atom is 0.264 e. The van der Waals surface area contributed by atoms with E-state index in [1.54, 1.807) is 53.6 Å². The number of aromatic nitrogens is 1. The van der Waals surface area contributed by atoms with Crippen LogP contribution >= 0.6 is 0 Å². The summed E-state index contributed by atoms with van der Waals surface area (Å²) in [7, 11) is -2.35. The minimum absolute atomic E-state index is 0.0939. The molecule has 4 aromatic rings. The van der Waals surface area contributed by atoms with Gasteiger partial charge in [0.15, 0.2) is 11.5 Å². The predicted molar refractivity (Wildman–Crippen MR) is 145 cm³/mol. The average molecular weight is 533 g/mol. The molecule has 0 saturated carbocycles. The smallest absolute Gasteiger partial charge is 0.264 e. The summed E-state index contributed by atoms with van der Waals surface area (Å²) in [5.41, 5.74) is 2.29.